The Balaban J connectivity index is 2.25. The number of aromatic nitrogens is 1. The largest absolute Gasteiger partial charge is 0.349 e. The molecule has 5 nitrogen and oxygen atoms in total. The molecule has 1 atom stereocenters. The zero-order valence-electron chi connectivity index (χ0n) is 12.0. The molecule has 1 unspecified atom stereocenters. The predicted octanol–water partition coefficient (Wildman–Crippen LogP) is 3.86. The van der Waals surface area contributed by atoms with Gasteiger partial charge in [-0.3, -0.25) is 10.1 Å². The molecule has 1 aromatic carbocycles. The number of halogens is 1. The lowest BCUT2D eigenvalue weighted by Gasteiger charge is -2.13. The molecule has 0 saturated heterocycles. The van der Waals surface area contributed by atoms with Crippen LogP contribution in [0.2, 0.25) is 0 Å². The Kier molecular flexibility index (Phi) is 4.80. The van der Waals surface area contributed by atoms with Crippen molar-refractivity contribution in [1.29, 1.82) is 0 Å². The van der Waals surface area contributed by atoms with Gasteiger partial charge in [-0.25, -0.2) is 0 Å². The Hall–Kier alpha value is -1.66. The molecule has 2 rings (SSSR count). The van der Waals surface area contributed by atoms with E-state index < -0.39 is 0 Å². The van der Waals surface area contributed by atoms with Gasteiger partial charge in [0, 0.05) is 34.5 Å². The monoisotopic (exact) mass is 351 g/mol. The third kappa shape index (κ3) is 3.71. The summed E-state index contributed by atoms with van der Waals surface area (Å²) in [7, 11) is 0. The maximum atomic E-state index is 11.1. The van der Waals surface area contributed by atoms with Crippen LogP contribution in [0.4, 0.5) is 5.69 Å². The summed E-state index contributed by atoms with van der Waals surface area (Å²) in [6.07, 6.45) is 3.86. The second-order valence-electron chi connectivity index (χ2n) is 5.42. The lowest BCUT2D eigenvalue weighted by atomic mass is 10.00. The summed E-state index contributed by atoms with van der Waals surface area (Å²) in [4.78, 5) is 10.8. The molecule has 0 spiro atoms. The first-order valence-corrected chi connectivity index (χ1v) is 7.52. The van der Waals surface area contributed by atoms with Gasteiger partial charge in [-0.1, -0.05) is 29.8 Å². The standard InChI is InChI=1S/C15H18BrN3O2/c1-10(2)15(17)12-5-6-18(9-12)8-11-3-4-13(16)7-14(11)19(20)21/h3-7,9-10,15H,8,17H2,1-2H3. The van der Waals surface area contributed by atoms with Crippen LogP contribution in [0.15, 0.2) is 41.1 Å². The molecule has 0 amide bonds. The average molecular weight is 352 g/mol. The highest BCUT2D eigenvalue weighted by Gasteiger charge is 2.16. The summed E-state index contributed by atoms with van der Waals surface area (Å²) in [5.74, 6) is 0.350. The number of nitro groups is 1. The van der Waals surface area contributed by atoms with E-state index in [1.54, 1.807) is 6.07 Å². The van der Waals surface area contributed by atoms with E-state index in [0.717, 1.165) is 5.56 Å². The van der Waals surface area contributed by atoms with Crippen molar-refractivity contribution in [3.05, 3.63) is 62.4 Å². The van der Waals surface area contributed by atoms with E-state index in [9.17, 15) is 10.1 Å². The number of benzene rings is 1. The average Bonchev–Trinajstić information content (AvgIpc) is 2.88. The van der Waals surface area contributed by atoms with Crippen molar-refractivity contribution in [2.75, 3.05) is 0 Å². The van der Waals surface area contributed by atoms with Gasteiger partial charge in [-0.15, -0.1) is 0 Å². The van der Waals surface area contributed by atoms with E-state index in [1.807, 2.05) is 29.1 Å². The smallest absolute Gasteiger partial charge is 0.275 e. The Morgan fingerprint density at radius 1 is 1.38 bits per heavy atom. The topological polar surface area (TPSA) is 74.1 Å². The minimum absolute atomic E-state index is 0.0221. The number of hydrogen-bond acceptors (Lipinski definition) is 3. The van der Waals surface area contributed by atoms with E-state index in [-0.39, 0.29) is 16.7 Å². The third-order valence-electron chi connectivity index (χ3n) is 3.47. The van der Waals surface area contributed by atoms with Gasteiger partial charge in [0.1, 0.15) is 0 Å². The molecule has 0 saturated carbocycles. The normalized spacial score (nSPS) is 12.6. The van der Waals surface area contributed by atoms with Crippen LogP contribution in [0, 0.1) is 16.0 Å². The maximum Gasteiger partial charge on any atom is 0.275 e. The molecule has 2 N–H and O–H groups in total. The summed E-state index contributed by atoms with van der Waals surface area (Å²) in [5, 5.41) is 11.1. The van der Waals surface area contributed by atoms with Gasteiger partial charge in [0.05, 0.1) is 11.5 Å². The second-order valence-corrected chi connectivity index (χ2v) is 6.33. The lowest BCUT2D eigenvalue weighted by Crippen LogP contribution is -2.16. The fourth-order valence-electron chi connectivity index (χ4n) is 2.18. The third-order valence-corrected chi connectivity index (χ3v) is 3.97. The van der Waals surface area contributed by atoms with Gasteiger partial charge in [-0.05, 0) is 29.7 Å². The van der Waals surface area contributed by atoms with E-state index in [2.05, 4.69) is 29.8 Å². The number of nitrogens with zero attached hydrogens (tertiary/aromatic N) is 2. The quantitative estimate of drug-likeness (QED) is 0.656. The molecule has 0 aliphatic heterocycles. The number of nitrogens with two attached hydrogens (primary N) is 1. The Labute approximate surface area is 132 Å². The first-order valence-electron chi connectivity index (χ1n) is 6.72. The highest BCUT2D eigenvalue weighted by Crippen LogP contribution is 2.25. The SMILES string of the molecule is CC(C)C(N)c1ccn(Cc2ccc(Br)cc2[N+](=O)[O-])c1. The summed E-state index contributed by atoms with van der Waals surface area (Å²) >= 11 is 3.26. The van der Waals surface area contributed by atoms with Crippen molar-refractivity contribution in [1.82, 2.24) is 4.57 Å². The summed E-state index contributed by atoms with van der Waals surface area (Å²) in [5.41, 5.74) is 7.95. The van der Waals surface area contributed by atoms with E-state index in [0.29, 0.717) is 22.5 Å². The zero-order chi connectivity index (χ0) is 15.6. The Morgan fingerprint density at radius 3 is 2.71 bits per heavy atom. The summed E-state index contributed by atoms with van der Waals surface area (Å²) in [6, 6.07) is 7.05. The minimum atomic E-state index is -0.357. The van der Waals surface area contributed by atoms with Crippen molar-refractivity contribution in [3.63, 3.8) is 0 Å². The van der Waals surface area contributed by atoms with E-state index >= 15 is 0 Å². The predicted molar refractivity (Wildman–Crippen MR) is 86.1 cm³/mol. The van der Waals surface area contributed by atoms with Crippen LogP contribution in [-0.2, 0) is 6.54 Å². The molecular weight excluding hydrogens is 334 g/mol. The molecule has 21 heavy (non-hydrogen) atoms. The van der Waals surface area contributed by atoms with E-state index in [4.69, 9.17) is 5.73 Å². The van der Waals surface area contributed by atoms with Gasteiger partial charge >= 0.3 is 0 Å². The molecule has 0 fully saturated rings. The zero-order valence-corrected chi connectivity index (χ0v) is 13.6. The molecule has 112 valence electrons. The Morgan fingerprint density at radius 2 is 2.10 bits per heavy atom. The highest BCUT2D eigenvalue weighted by molar-refractivity contribution is 9.10. The lowest BCUT2D eigenvalue weighted by molar-refractivity contribution is -0.385. The van der Waals surface area contributed by atoms with Gasteiger partial charge < -0.3 is 10.3 Å². The van der Waals surface area contributed by atoms with Crippen molar-refractivity contribution in [2.45, 2.75) is 26.4 Å². The molecule has 6 heteroatoms. The number of hydrogen-bond donors (Lipinski definition) is 1. The van der Waals surface area contributed by atoms with Gasteiger partial charge in [0.2, 0.25) is 0 Å². The highest BCUT2D eigenvalue weighted by atomic mass is 79.9. The molecule has 0 aliphatic carbocycles. The maximum absolute atomic E-state index is 11.1. The molecule has 0 radical (unpaired) electrons. The van der Waals surface area contributed by atoms with Crippen molar-refractivity contribution >= 4 is 21.6 Å². The molecule has 0 bridgehead atoms. The molecule has 2 aromatic rings. The van der Waals surface area contributed by atoms with Gasteiger partial charge in [0.25, 0.3) is 5.69 Å². The minimum Gasteiger partial charge on any atom is -0.349 e. The number of nitro benzene ring substituents is 1. The first kappa shape index (κ1) is 15.7. The van der Waals surface area contributed by atoms with Crippen molar-refractivity contribution < 1.29 is 4.92 Å². The van der Waals surface area contributed by atoms with Crippen LogP contribution in [-0.4, -0.2) is 9.49 Å². The van der Waals surface area contributed by atoms with Gasteiger partial charge in [0.15, 0.2) is 0 Å². The number of rotatable bonds is 5. The van der Waals surface area contributed by atoms with Crippen molar-refractivity contribution in [3.8, 4) is 0 Å². The van der Waals surface area contributed by atoms with Crippen LogP contribution in [0.25, 0.3) is 0 Å². The fourth-order valence-corrected chi connectivity index (χ4v) is 2.53. The van der Waals surface area contributed by atoms with Crippen LogP contribution >= 0.6 is 15.9 Å². The van der Waals surface area contributed by atoms with Crippen LogP contribution in [0.5, 0.6) is 0 Å². The Bertz CT molecular complexity index is 652. The molecule has 1 aromatic heterocycles. The second kappa shape index (κ2) is 6.41. The summed E-state index contributed by atoms with van der Waals surface area (Å²) in [6.45, 7) is 4.59. The van der Waals surface area contributed by atoms with Crippen molar-refractivity contribution in [2.24, 2.45) is 11.7 Å². The van der Waals surface area contributed by atoms with Crippen LogP contribution < -0.4 is 5.73 Å². The molecular formula is C15H18BrN3O2. The summed E-state index contributed by atoms with van der Waals surface area (Å²) < 4.78 is 2.63. The first-order chi connectivity index (χ1) is 9.88. The van der Waals surface area contributed by atoms with Crippen LogP contribution in [0.1, 0.15) is 31.0 Å². The molecule has 0 aliphatic rings. The molecule has 1 heterocycles. The van der Waals surface area contributed by atoms with Gasteiger partial charge in [-0.2, -0.15) is 0 Å². The van der Waals surface area contributed by atoms with Crippen LogP contribution in [0.3, 0.4) is 0 Å². The fraction of sp³-hybridized carbons (Fsp3) is 0.333. The van der Waals surface area contributed by atoms with E-state index in [1.165, 1.54) is 6.07 Å².